The number of imidazole rings is 1. The van der Waals surface area contributed by atoms with Gasteiger partial charge in [0.1, 0.15) is 5.82 Å². The fraction of sp³-hybridized carbons (Fsp3) is 0.400. The number of nitrogens with two attached hydrogens (primary N) is 1. The number of nitrogen functional groups attached to an aromatic ring is 1. The molecule has 1 amide bonds. The summed E-state index contributed by atoms with van der Waals surface area (Å²) in [6.45, 7) is 5.44. The molecule has 21 heavy (non-hydrogen) atoms. The Bertz CT molecular complexity index is 588. The second kappa shape index (κ2) is 6.88. The minimum atomic E-state index is 0.0544. The van der Waals surface area contributed by atoms with E-state index in [1.165, 1.54) is 0 Å². The Kier molecular flexibility index (Phi) is 4.92. The fourth-order valence-corrected chi connectivity index (χ4v) is 1.92. The van der Waals surface area contributed by atoms with E-state index in [9.17, 15) is 4.79 Å². The van der Waals surface area contributed by atoms with Crippen LogP contribution in [0.5, 0.6) is 0 Å². The first kappa shape index (κ1) is 15.0. The third-order valence-corrected chi connectivity index (χ3v) is 3.08. The van der Waals surface area contributed by atoms with E-state index < -0.39 is 0 Å². The molecule has 0 aliphatic carbocycles. The second-order valence-corrected chi connectivity index (χ2v) is 5.39. The van der Waals surface area contributed by atoms with Gasteiger partial charge >= 0.3 is 0 Å². The summed E-state index contributed by atoms with van der Waals surface area (Å²) >= 11 is 0. The van der Waals surface area contributed by atoms with Gasteiger partial charge in [-0.2, -0.15) is 0 Å². The summed E-state index contributed by atoms with van der Waals surface area (Å²) in [5.41, 5.74) is 7.45. The Morgan fingerprint density at radius 3 is 2.86 bits per heavy atom. The highest BCUT2D eigenvalue weighted by Crippen LogP contribution is 2.18. The predicted molar refractivity (Wildman–Crippen MR) is 82.3 cm³/mol. The summed E-state index contributed by atoms with van der Waals surface area (Å²) in [6, 6.07) is 3.65. The van der Waals surface area contributed by atoms with Crippen LogP contribution >= 0.6 is 0 Å². The molecule has 2 rings (SSSR count). The second-order valence-electron chi connectivity index (χ2n) is 5.39. The van der Waals surface area contributed by atoms with Crippen molar-refractivity contribution in [2.75, 3.05) is 12.3 Å². The van der Waals surface area contributed by atoms with Crippen molar-refractivity contribution in [2.24, 2.45) is 5.92 Å². The van der Waals surface area contributed by atoms with E-state index in [4.69, 9.17) is 5.73 Å². The smallest absolute Gasteiger partial charge is 0.221 e. The highest BCUT2D eigenvalue weighted by atomic mass is 16.1. The van der Waals surface area contributed by atoms with Gasteiger partial charge in [0, 0.05) is 31.3 Å². The number of anilines is 1. The molecule has 0 fully saturated rings. The molecule has 6 heteroatoms. The van der Waals surface area contributed by atoms with E-state index in [2.05, 4.69) is 29.1 Å². The quantitative estimate of drug-likeness (QED) is 0.846. The van der Waals surface area contributed by atoms with Crippen molar-refractivity contribution in [3.63, 3.8) is 0 Å². The van der Waals surface area contributed by atoms with Crippen LogP contribution in [0.25, 0.3) is 11.3 Å². The molecule has 0 saturated heterocycles. The largest absolute Gasteiger partial charge is 0.384 e. The third-order valence-electron chi connectivity index (χ3n) is 3.08. The van der Waals surface area contributed by atoms with E-state index in [-0.39, 0.29) is 5.91 Å². The van der Waals surface area contributed by atoms with Gasteiger partial charge in [0.25, 0.3) is 0 Å². The van der Waals surface area contributed by atoms with Crippen LogP contribution < -0.4 is 11.1 Å². The average Bonchev–Trinajstić information content (AvgIpc) is 2.92. The van der Waals surface area contributed by atoms with E-state index in [0.29, 0.717) is 31.2 Å². The number of carbonyl (C=O) groups is 1. The van der Waals surface area contributed by atoms with Crippen molar-refractivity contribution >= 4 is 11.7 Å². The Hall–Kier alpha value is -2.37. The number of hydrogen-bond acceptors (Lipinski definition) is 4. The van der Waals surface area contributed by atoms with E-state index in [1.54, 1.807) is 24.8 Å². The van der Waals surface area contributed by atoms with Crippen LogP contribution in [0, 0.1) is 5.92 Å². The summed E-state index contributed by atoms with van der Waals surface area (Å²) in [5.74, 6) is 0.996. The molecular formula is C15H21N5O. The summed E-state index contributed by atoms with van der Waals surface area (Å²) in [5, 5.41) is 2.91. The molecule has 0 saturated carbocycles. The topological polar surface area (TPSA) is 85.8 Å². The van der Waals surface area contributed by atoms with E-state index >= 15 is 0 Å². The van der Waals surface area contributed by atoms with Crippen molar-refractivity contribution in [3.05, 3.63) is 30.9 Å². The first-order chi connectivity index (χ1) is 10.1. The number of nitrogens with zero attached hydrogens (tertiary/aromatic N) is 3. The van der Waals surface area contributed by atoms with Crippen LogP contribution in [0.2, 0.25) is 0 Å². The molecule has 6 nitrogen and oxygen atoms in total. The number of carbonyl (C=O) groups excluding carboxylic acids is 1. The molecule has 112 valence electrons. The molecule has 2 heterocycles. The lowest BCUT2D eigenvalue weighted by atomic mass is 10.2. The highest BCUT2D eigenvalue weighted by Gasteiger charge is 2.08. The first-order valence-corrected chi connectivity index (χ1v) is 7.05. The molecule has 0 atom stereocenters. The van der Waals surface area contributed by atoms with E-state index in [0.717, 1.165) is 11.3 Å². The van der Waals surface area contributed by atoms with Crippen LogP contribution in [-0.2, 0) is 11.3 Å². The van der Waals surface area contributed by atoms with E-state index in [1.807, 2.05) is 10.6 Å². The lowest BCUT2D eigenvalue weighted by molar-refractivity contribution is -0.121. The number of aromatic nitrogens is 3. The monoisotopic (exact) mass is 287 g/mol. The van der Waals surface area contributed by atoms with Gasteiger partial charge in [-0.1, -0.05) is 13.8 Å². The molecule has 0 radical (unpaired) electrons. The van der Waals surface area contributed by atoms with Crippen LogP contribution in [-0.4, -0.2) is 27.0 Å². The number of amides is 1. The Morgan fingerprint density at radius 2 is 2.19 bits per heavy atom. The first-order valence-electron chi connectivity index (χ1n) is 7.05. The third kappa shape index (κ3) is 4.30. The summed E-state index contributed by atoms with van der Waals surface area (Å²) in [6.07, 6.45) is 5.63. The molecule has 2 aromatic rings. The molecule has 0 spiro atoms. The standard InChI is InChI=1S/C15H21N5O/c1-11(2)7-19-15(21)5-6-20-10-17-9-13(20)12-3-4-14(16)18-8-12/h3-4,8-11H,5-7H2,1-2H3,(H2,16,18)(H,19,21). The molecular weight excluding hydrogens is 266 g/mol. The number of nitrogens with one attached hydrogen (secondary N) is 1. The van der Waals surface area contributed by atoms with Crippen LogP contribution in [0.3, 0.4) is 0 Å². The molecule has 2 aromatic heterocycles. The SMILES string of the molecule is CC(C)CNC(=O)CCn1cncc1-c1ccc(N)nc1. The van der Waals surface area contributed by atoms with Gasteiger partial charge in [-0.05, 0) is 18.1 Å². The zero-order valence-electron chi connectivity index (χ0n) is 12.4. The van der Waals surface area contributed by atoms with Crippen molar-refractivity contribution in [2.45, 2.75) is 26.8 Å². The molecule has 3 N–H and O–H groups in total. The summed E-state index contributed by atoms with van der Waals surface area (Å²) < 4.78 is 1.95. The maximum atomic E-state index is 11.8. The predicted octanol–water partition coefficient (Wildman–Crippen LogP) is 1.69. The van der Waals surface area contributed by atoms with Gasteiger partial charge in [-0.15, -0.1) is 0 Å². The lowest BCUT2D eigenvalue weighted by Gasteiger charge is -2.10. The van der Waals surface area contributed by atoms with Crippen molar-refractivity contribution in [3.8, 4) is 11.3 Å². The zero-order valence-corrected chi connectivity index (χ0v) is 12.4. The Labute approximate surface area is 124 Å². The van der Waals surface area contributed by atoms with Gasteiger partial charge in [-0.25, -0.2) is 9.97 Å². The normalized spacial score (nSPS) is 10.8. The minimum absolute atomic E-state index is 0.0544. The van der Waals surface area contributed by atoms with Crippen molar-refractivity contribution in [1.29, 1.82) is 0 Å². The van der Waals surface area contributed by atoms with Crippen LogP contribution in [0.15, 0.2) is 30.9 Å². The van der Waals surface area contributed by atoms with Crippen molar-refractivity contribution < 1.29 is 4.79 Å². The number of hydrogen-bond donors (Lipinski definition) is 2. The average molecular weight is 287 g/mol. The Balaban J connectivity index is 1.97. The van der Waals surface area contributed by atoms with Gasteiger partial charge in [0.05, 0.1) is 18.2 Å². The van der Waals surface area contributed by atoms with Gasteiger partial charge in [-0.3, -0.25) is 4.79 Å². The number of pyridine rings is 1. The maximum absolute atomic E-state index is 11.8. The number of rotatable bonds is 6. The van der Waals surface area contributed by atoms with Crippen LogP contribution in [0.1, 0.15) is 20.3 Å². The highest BCUT2D eigenvalue weighted by molar-refractivity contribution is 5.75. The van der Waals surface area contributed by atoms with Gasteiger partial charge < -0.3 is 15.6 Å². The zero-order chi connectivity index (χ0) is 15.2. The summed E-state index contributed by atoms with van der Waals surface area (Å²) in [7, 11) is 0. The maximum Gasteiger partial charge on any atom is 0.221 e. The molecule has 0 aliphatic rings. The molecule has 0 bridgehead atoms. The van der Waals surface area contributed by atoms with Gasteiger partial charge in [0.15, 0.2) is 0 Å². The molecule has 0 aromatic carbocycles. The van der Waals surface area contributed by atoms with Crippen LogP contribution in [0.4, 0.5) is 5.82 Å². The summed E-state index contributed by atoms with van der Waals surface area (Å²) in [4.78, 5) is 20.0. The Morgan fingerprint density at radius 1 is 1.38 bits per heavy atom. The number of aryl methyl sites for hydroxylation is 1. The van der Waals surface area contributed by atoms with Crippen molar-refractivity contribution in [1.82, 2.24) is 19.9 Å². The van der Waals surface area contributed by atoms with Gasteiger partial charge in [0.2, 0.25) is 5.91 Å². The lowest BCUT2D eigenvalue weighted by Crippen LogP contribution is -2.28. The molecule has 0 aliphatic heterocycles. The fourth-order valence-electron chi connectivity index (χ4n) is 1.92. The minimum Gasteiger partial charge on any atom is -0.384 e. The molecule has 0 unspecified atom stereocenters.